The summed E-state index contributed by atoms with van der Waals surface area (Å²) in [6.07, 6.45) is 1.23. The molecular weight excluding hydrogens is 520 g/mol. The molecule has 2 N–H and O–H groups in total. The molecule has 1 aromatic carbocycles. The minimum absolute atomic E-state index is 0.0967. The Kier molecular flexibility index (Phi) is 10.00. The number of anilines is 2. The SMILES string of the molecule is CCS(=O)(=O)N1CCN(c2cc(N(C)C3CCOCC3)nc(-c3cccc(OCC(O)CNC)c3)n2)CC1C. The average molecular weight is 563 g/mol. The number of aliphatic hydroxyl groups excluding tert-OH is 1. The predicted octanol–water partition coefficient (Wildman–Crippen LogP) is 1.58. The molecule has 0 aliphatic carbocycles. The molecule has 2 saturated heterocycles. The van der Waals surface area contributed by atoms with Crippen LogP contribution in [-0.2, 0) is 14.8 Å². The van der Waals surface area contributed by atoms with Gasteiger partial charge in [-0.05, 0) is 45.9 Å². The summed E-state index contributed by atoms with van der Waals surface area (Å²) in [5, 5.41) is 13.0. The number of nitrogens with one attached hydrogen (secondary N) is 1. The van der Waals surface area contributed by atoms with E-state index in [4.69, 9.17) is 19.4 Å². The fourth-order valence-corrected chi connectivity index (χ4v) is 6.40. The third kappa shape index (κ3) is 7.37. The van der Waals surface area contributed by atoms with Crippen LogP contribution < -0.4 is 19.9 Å². The number of ether oxygens (including phenoxy) is 2. The number of hydrogen-bond acceptors (Lipinski definition) is 10. The molecule has 2 aliphatic rings. The van der Waals surface area contributed by atoms with E-state index < -0.39 is 16.1 Å². The largest absolute Gasteiger partial charge is 0.491 e. The molecule has 1 aromatic heterocycles. The zero-order valence-corrected chi connectivity index (χ0v) is 24.2. The first-order chi connectivity index (χ1) is 18.7. The quantitative estimate of drug-likeness (QED) is 0.418. The van der Waals surface area contributed by atoms with Gasteiger partial charge in [-0.1, -0.05) is 12.1 Å². The second-order valence-corrected chi connectivity index (χ2v) is 12.4. The fourth-order valence-electron chi connectivity index (χ4n) is 5.09. The van der Waals surface area contributed by atoms with E-state index in [-0.39, 0.29) is 18.4 Å². The standard InChI is InChI=1S/C27H42N6O5S/c1-5-39(35,36)33-12-11-32(18-20(33)2)26-16-25(31(4)22-9-13-37-14-10-22)29-27(30-26)21-7-6-8-24(15-21)38-19-23(34)17-28-3/h6-8,15-16,20,22-23,28,34H,5,9-14,17-19H2,1-4H3. The minimum Gasteiger partial charge on any atom is -0.491 e. The number of benzene rings is 1. The van der Waals surface area contributed by atoms with Crippen LogP contribution in [0.2, 0.25) is 0 Å². The molecule has 11 nitrogen and oxygen atoms in total. The lowest BCUT2D eigenvalue weighted by molar-refractivity contribution is 0.0853. The molecule has 0 bridgehead atoms. The van der Waals surface area contributed by atoms with Crippen LogP contribution >= 0.6 is 0 Å². The lowest BCUT2D eigenvalue weighted by atomic mass is 10.1. The Bertz CT molecular complexity index is 1190. The first-order valence-electron chi connectivity index (χ1n) is 13.7. The van der Waals surface area contributed by atoms with E-state index in [9.17, 15) is 13.5 Å². The molecule has 2 fully saturated rings. The third-order valence-corrected chi connectivity index (χ3v) is 9.37. The van der Waals surface area contributed by atoms with Crippen LogP contribution in [0.1, 0.15) is 26.7 Å². The molecule has 0 spiro atoms. The number of rotatable bonds is 11. The molecule has 12 heteroatoms. The van der Waals surface area contributed by atoms with Crippen LogP contribution in [0.5, 0.6) is 5.75 Å². The first-order valence-corrected chi connectivity index (χ1v) is 15.3. The van der Waals surface area contributed by atoms with Crippen molar-refractivity contribution in [2.45, 2.75) is 44.9 Å². The highest BCUT2D eigenvalue weighted by atomic mass is 32.2. The van der Waals surface area contributed by atoms with Gasteiger partial charge in [0.2, 0.25) is 10.0 Å². The van der Waals surface area contributed by atoms with Gasteiger partial charge in [0.25, 0.3) is 0 Å². The molecular formula is C27H42N6O5S. The van der Waals surface area contributed by atoms with E-state index in [1.807, 2.05) is 37.3 Å². The number of aliphatic hydroxyl groups is 1. The van der Waals surface area contributed by atoms with Crippen molar-refractivity contribution in [1.29, 1.82) is 0 Å². The first kappa shape index (κ1) is 29.5. The van der Waals surface area contributed by atoms with Crippen LogP contribution in [0.4, 0.5) is 11.6 Å². The van der Waals surface area contributed by atoms with Crippen molar-refractivity contribution in [3.63, 3.8) is 0 Å². The summed E-state index contributed by atoms with van der Waals surface area (Å²) in [7, 11) is 0.577. The number of piperazine rings is 1. The number of likely N-dealkylation sites (N-methyl/N-ethyl adjacent to an activating group) is 1. The van der Waals surface area contributed by atoms with Gasteiger partial charge in [0, 0.05) is 70.2 Å². The highest BCUT2D eigenvalue weighted by molar-refractivity contribution is 7.89. The second kappa shape index (κ2) is 13.2. The summed E-state index contributed by atoms with van der Waals surface area (Å²) in [6.45, 7) is 7.20. The van der Waals surface area contributed by atoms with Gasteiger partial charge < -0.3 is 29.7 Å². The molecule has 2 aliphatic heterocycles. The second-order valence-electron chi connectivity index (χ2n) is 10.2. The van der Waals surface area contributed by atoms with Crippen molar-refractivity contribution in [2.75, 3.05) is 75.6 Å². The topological polar surface area (TPSA) is 120 Å². The Morgan fingerprint density at radius 2 is 2.00 bits per heavy atom. The monoisotopic (exact) mass is 562 g/mol. The van der Waals surface area contributed by atoms with Gasteiger partial charge in [-0.3, -0.25) is 0 Å². The maximum atomic E-state index is 12.6. The summed E-state index contributed by atoms with van der Waals surface area (Å²) in [5.41, 5.74) is 0.805. The van der Waals surface area contributed by atoms with Crippen LogP contribution in [0, 0.1) is 0 Å². The fraction of sp³-hybridized carbons (Fsp3) is 0.630. The Balaban J connectivity index is 1.64. The van der Waals surface area contributed by atoms with Crippen molar-refractivity contribution in [1.82, 2.24) is 19.6 Å². The van der Waals surface area contributed by atoms with Crippen molar-refractivity contribution in [3.05, 3.63) is 30.3 Å². The zero-order chi connectivity index (χ0) is 28.0. The van der Waals surface area contributed by atoms with Gasteiger partial charge in [-0.15, -0.1) is 0 Å². The number of nitrogens with zero attached hydrogens (tertiary/aromatic N) is 5. The Hall–Kier alpha value is -2.51. The molecule has 39 heavy (non-hydrogen) atoms. The molecule has 216 valence electrons. The maximum absolute atomic E-state index is 12.6. The van der Waals surface area contributed by atoms with Crippen molar-refractivity contribution in [3.8, 4) is 17.1 Å². The molecule has 2 aromatic rings. The van der Waals surface area contributed by atoms with Gasteiger partial charge in [0.05, 0.1) is 5.75 Å². The maximum Gasteiger partial charge on any atom is 0.214 e. The zero-order valence-electron chi connectivity index (χ0n) is 23.4. The van der Waals surface area contributed by atoms with E-state index in [1.165, 1.54) is 0 Å². The Morgan fingerprint density at radius 1 is 1.23 bits per heavy atom. The van der Waals surface area contributed by atoms with E-state index in [0.717, 1.165) is 43.3 Å². The van der Waals surface area contributed by atoms with Gasteiger partial charge in [-0.2, -0.15) is 4.31 Å². The van der Waals surface area contributed by atoms with Gasteiger partial charge >= 0.3 is 0 Å². The van der Waals surface area contributed by atoms with Crippen LogP contribution in [0.15, 0.2) is 30.3 Å². The van der Waals surface area contributed by atoms with E-state index in [2.05, 4.69) is 22.2 Å². The summed E-state index contributed by atoms with van der Waals surface area (Å²) >= 11 is 0. The smallest absolute Gasteiger partial charge is 0.214 e. The summed E-state index contributed by atoms with van der Waals surface area (Å²) in [5.74, 6) is 2.88. The Morgan fingerprint density at radius 3 is 2.69 bits per heavy atom. The van der Waals surface area contributed by atoms with Crippen LogP contribution in [0.3, 0.4) is 0 Å². The van der Waals surface area contributed by atoms with Crippen molar-refractivity contribution >= 4 is 21.7 Å². The molecule has 4 rings (SSSR count). The highest BCUT2D eigenvalue weighted by Gasteiger charge is 2.32. The van der Waals surface area contributed by atoms with Crippen LogP contribution in [0.25, 0.3) is 11.4 Å². The predicted molar refractivity (Wildman–Crippen MR) is 153 cm³/mol. The van der Waals surface area contributed by atoms with E-state index >= 15 is 0 Å². The number of sulfonamides is 1. The number of hydrogen-bond donors (Lipinski definition) is 2. The summed E-state index contributed by atoms with van der Waals surface area (Å²) in [4.78, 5) is 14.2. The van der Waals surface area contributed by atoms with Crippen LogP contribution in [-0.4, -0.2) is 112 Å². The molecule has 2 atom stereocenters. The molecule has 2 unspecified atom stereocenters. The Labute approximate surface area is 232 Å². The van der Waals surface area contributed by atoms with Gasteiger partial charge in [0.1, 0.15) is 30.1 Å². The molecule has 0 radical (unpaired) electrons. The summed E-state index contributed by atoms with van der Waals surface area (Å²) in [6, 6.07) is 9.72. The lowest BCUT2D eigenvalue weighted by Crippen LogP contribution is -2.54. The van der Waals surface area contributed by atoms with Crippen molar-refractivity contribution in [2.24, 2.45) is 0 Å². The minimum atomic E-state index is -3.27. The highest BCUT2D eigenvalue weighted by Crippen LogP contribution is 2.30. The normalized spacial score (nSPS) is 20.1. The molecule has 0 amide bonds. The lowest BCUT2D eigenvalue weighted by Gasteiger charge is -2.40. The van der Waals surface area contributed by atoms with Crippen molar-refractivity contribution < 1.29 is 23.0 Å². The van der Waals surface area contributed by atoms with E-state index in [1.54, 1.807) is 18.3 Å². The number of aromatic nitrogens is 2. The third-order valence-electron chi connectivity index (χ3n) is 7.39. The summed E-state index contributed by atoms with van der Waals surface area (Å²) < 4.78 is 38.1. The van der Waals surface area contributed by atoms with Gasteiger partial charge in [-0.25, -0.2) is 18.4 Å². The van der Waals surface area contributed by atoms with Gasteiger partial charge in [0.15, 0.2) is 5.82 Å². The molecule has 3 heterocycles. The average Bonchev–Trinajstić information content (AvgIpc) is 2.96. The molecule has 0 saturated carbocycles. The van der Waals surface area contributed by atoms with E-state index in [0.29, 0.717) is 43.8 Å².